The third-order valence-corrected chi connectivity index (χ3v) is 15.8. The van der Waals surface area contributed by atoms with Gasteiger partial charge in [-0.05, 0) is 111 Å². The smallest absolute Gasteiger partial charge is 0.0714 e. The standard InChI is InChI=1S/C67H41N3/c1-3-16-44(17-4-1)67(45-18-5-2-6-19-45)58-26-11-7-20-48(58)49-34-32-46(40-59(49)67)68-60-27-12-9-22-51(60)56-38-42(30-36-63(56)68)43-31-37-64-57(39-43)52-23-10-13-28-61(52)69(64)47-33-35-53-55-25-15-24-54-50-21-8-14-29-62(50)70(66(54)55)65(53)41-47/h1-41H. The third-order valence-electron chi connectivity index (χ3n) is 15.8. The Kier molecular flexibility index (Phi) is 7.54. The Balaban J connectivity index is 0.863. The summed E-state index contributed by atoms with van der Waals surface area (Å²) in [6.07, 6.45) is 0. The SMILES string of the molecule is c1ccc(C2(c3ccccc3)c3ccccc3-c3ccc(-n4c5ccccc5c5cc(-c6ccc7c(c6)c6ccccc6n7-c6ccc7c8cccc9c%10ccccc%10n(c7c6)c98)ccc54)cc32)cc1. The number of para-hydroxylation sites is 4. The summed E-state index contributed by atoms with van der Waals surface area (Å²) in [6, 6.07) is 92.8. The fourth-order valence-electron chi connectivity index (χ4n) is 13.0. The van der Waals surface area contributed by atoms with Crippen molar-refractivity contribution >= 4 is 81.7 Å². The molecule has 15 aromatic rings. The summed E-state index contributed by atoms with van der Waals surface area (Å²) >= 11 is 0. The summed E-state index contributed by atoms with van der Waals surface area (Å²) in [5, 5.41) is 10.2. The molecule has 0 unspecified atom stereocenters. The van der Waals surface area contributed by atoms with E-state index in [4.69, 9.17) is 0 Å². The first-order valence-electron chi connectivity index (χ1n) is 24.3. The fourth-order valence-corrected chi connectivity index (χ4v) is 13.0. The molecule has 0 radical (unpaired) electrons. The molecule has 0 bridgehead atoms. The molecule has 1 aliphatic rings. The van der Waals surface area contributed by atoms with Crippen molar-refractivity contribution in [3.8, 4) is 33.6 Å². The molecule has 0 atom stereocenters. The minimum Gasteiger partial charge on any atom is -0.309 e. The van der Waals surface area contributed by atoms with Crippen LogP contribution < -0.4 is 0 Å². The number of hydrogen-bond acceptors (Lipinski definition) is 0. The predicted molar refractivity (Wildman–Crippen MR) is 293 cm³/mol. The number of nitrogens with zero attached hydrogens (tertiary/aromatic N) is 3. The largest absolute Gasteiger partial charge is 0.309 e. The van der Waals surface area contributed by atoms with Crippen molar-refractivity contribution < 1.29 is 0 Å². The summed E-state index contributed by atoms with van der Waals surface area (Å²) in [4.78, 5) is 0. The van der Waals surface area contributed by atoms with Gasteiger partial charge in [-0.3, -0.25) is 0 Å². The second-order valence-corrected chi connectivity index (χ2v) is 19.2. The van der Waals surface area contributed by atoms with E-state index in [0.29, 0.717) is 0 Å². The van der Waals surface area contributed by atoms with Gasteiger partial charge in [-0.2, -0.15) is 0 Å². The van der Waals surface area contributed by atoms with E-state index < -0.39 is 5.41 Å². The van der Waals surface area contributed by atoms with Gasteiger partial charge in [-0.25, -0.2) is 0 Å². The summed E-state index contributed by atoms with van der Waals surface area (Å²) in [5.41, 5.74) is 20.5. The van der Waals surface area contributed by atoms with Crippen molar-refractivity contribution in [1.82, 2.24) is 13.5 Å². The van der Waals surface area contributed by atoms with Crippen LogP contribution in [0.25, 0.3) is 115 Å². The molecule has 3 heteroatoms. The number of aromatic nitrogens is 3. The monoisotopic (exact) mass is 887 g/mol. The molecule has 0 saturated carbocycles. The van der Waals surface area contributed by atoms with Gasteiger partial charge in [0, 0.05) is 54.5 Å². The molecule has 16 rings (SSSR count). The van der Waals surface area contributed by atoms with Crippen molar-refractivity contribution in [2.24, 2.45) is 0 Å². The highest BCUT2D eigenvalue weighted by atomic mass is 15.0. The van der Waals surface area contributed by atoms with Crippen LogP contribution in [0, 0.1) is 0 Å². The normalized spacial score (nSPS) is 13.3. The van der Waals surface area contributed by atoms with Gasteiger partial charge in [0.15, 0.2) is 0 Å². The van der Waals surface area contributed by atoms with Crippen LogP contribution in [-0.2, 0) is 5.41 Å². The molecule has 4 aromatic heterocycles. The summed E-state index contributed by atoms with van der Waals surface area (Å²) in [6.45, 7) is 0. The maximum absolute atomic E-state index is 2.48. The molecule has 324 valence electrons. The van der Waals surface area contributed by atoms with Gasteiger partial charge in [0.25, 0.3) is 0 Å². The molecule has 3 nitrogen and oxygen atoms in total. The van der Waals surface area contributed by atoms with E-state index >= 15 is 0 Å². The molecular formula is C67H41N3. The van der Waals surface area contributed by atoms with Crippen LogP contribution in [0.4, 0.5) is 0 Å². The second-order valence-electron chi connectivity index (χ2n) is 19.2. The van der Waals surface area contributed by atoms with E-state index in [2.05, 4.69) is 262 Å². The van der Waals surface area contributed by atoms with Crippen molar-refractivity contribution in [3.05, 3.63) is 271 Å². The van der Waals surface area contributed by atoms with E-state index in [1.807, 2.05) is 0 Å². The Bertz CT molecular complexity index is 4600. The average molecular weight is 888 g/mol. The van der Waals surface area contributed by atoms with E-state index in [-0.39, 0.29) is 0 Å². The summed E-state index contributed by atoms with van der Waals surface area (Å²) < 4.78 is 7.41. The summed E-state index contributed by atoms with van der Waals surface area (Å²) in [7, 11) is 0. The Morgan fingerprint density at radius 1 is 0.257 bits per heavy atom. The lowest BCUT2D eigenvalue weighted by Gasteiger charge is -2.34. The zero-order valence-electron chi connectivity index (χ0n) is 38.0. The van der Waals surface area contributed by atoms with E-state index in [9.17, 15) is 0 Å². The first-order valence-corrected chi connectivity index (χ1v) is 24.3. The molecule has 0 amide bonds. The van der Waals surface area contributed by atoms with Crippen molar-refractivity contribution in [1.29, 1.82) is 0 Å². The highest BCUT2D eigenvalue weighted by Gasteiger charge is 2.46. The van der Waals surface area contributed by atoms with Crippen molar-refractivity contribution in [3.63, 3.8) is 0 Å². The molecule has 0 spiro atoms. The van der Waals surface area contributed by atoms with Crippen LogP contribution in [0.2, 0.25) is 0 Å². The van der Waals surface area contributed by atoms with Gasteiger partial charge in [0.2, 0.25) is 0 Å². The number of hydrogen-bond donors (Lipinski definition) is 0. The van der Waals surface area contributed by atoms with E-state index in [1.54, 1.807) is 0 Å². The topological polar surface area (TPSA) is 14.3 Å². The van der Waals surface area contributed by atoms with Crippen LogP contribution in [0.5, 0.6) is 0 Å². The molecule has 11 aromatic carbocycles. The molecule has 0 saturated heterocycles. The lowest BCUT2D eigenvalue weighted by Crippen LogP contribution is -2.28. The predicted octanol–water partition coefficient (Wildman–Crippen LogP) is 17.1. The van der Waals surface area contributed by atoms with Gasteiger partial charge < -0.3 is 13.5 Å². The van der Waals surface area contributed by atoms with E-state index in [0.717, 1.165) is 11.4 Å². The first kappa shape index (κ1) is 37.9. The van der Waals surface area contributed by atoms with Gasteiger partial charge in [-0.1, -0.05) is 182 Å². The van der Waals surface area contributed by atoms with Crippen LogP contribution in [0.15, 0.2) is 249 Å². The Morgan fingerprint density at radius 3 is 1.34 bits per heavy atom. The average Bonchev–Trinajstić information content (AvgIpc) is 4.22. The Hall–Kier alpha value is -9.18. The third kappa shape index (κ3) is 4.88. The van der Waals surface area contributed by atoms with Gasteiger partial charge >= 0.3 is 0 Å². The molecule has 0 N–H and O–H groups in total. The molecule has 4 heterocycles. The maximum Gasteiger partial charge on any atom is 0.0714 e. The van der Waals surface area contributed by atoms with Gasteiger partial charge in [0.05, 0.1) is 44.0 Å². The second kappa shape index (κ2) is 13.9. The number of rotatable bonds is 5. The van der Waals surface area contributed by atoms with Crippen molar-refractivity contribution in [2.75, 3.05) is 0 Å². The lowest BCUT2D eigenvalue weighted by molar-refractivity contribution is 0.767. The van der Waals surface area contributed by atoms with Crippen LogP contribution in [0.1, 0.15) is 22.3 Å². The quantitative estimate of drug-likeness (QED) is 0.164. The van der Waals surface area contributed by atoms with Crippen LogP contribution in [0.3, 0.4) is 0 Å². The summed E-state index contributed by atoms with van der Waals surface area (Å²) in [5.74, 6) is 0. The van der Waals surface area contributed by atoms with Gasteiger partial charge in [0.1, 0.15) is 0 Å². The highest BCUT2D eigenvalue weighted by Crippen LogP contribution is 2.57. The minimum atomic E-state index is -0.477. The van der Waals surface area contributed by atoms with Crippen LogP contribution >= 0.6 is 0 Å². The highest BCUT2D eigenvalue weighted by molar-refractivity contribution is 6.23. The zero-order valence-corrected chi connectivity index (χ0v) is 38.0. The molecule has 70 heavy (non-hydrogen) atoms. The molecule has 1 aliphatic carbocycles. The zero-order chi connectivity index (χ0) is 45.7. The number of benzene rings is 11. The van der Waals surface area contributed by atoms with Crippen molar-refractivity contribution in [2.45, 2.75) is 5.41 Å². The molecule has 0 fully saturated rings. The van der Waals surface area contributed by atoms with Gasteiger partial charge in [-0.15, -0.1) is 0 Å². The maximum atomic E-state index is 2.48. The molecular weight excluding hydrogens is 847 g/mol. The van der Waals surface area contributed by atoms with Crippen LogP contribution in [-0.4, -0.2) is 13.5 Å². The van der Waals surface area contributed by atoms with E-state index in [1.165, 1.54) is 126 Å². The fraction of sp³-hybridized carbons (Fsp3) is 0.0149. The number of fused-ring (bicyclic) bond motifs is 15. The Morgan fingerprint density at radius 2 is 0.714 bits per heavy atom. The first-order chi connectivity index (χ1) is 34.7. The lowest BCUT2D eigenvalue weighted by atomic mass is 9.67. The molecule has 0 aliphatic heterocycles. The minimum absolute atomic E-state index is 0.477. The Labute approximate surface area is 403 Å².